The predicted octanol–water partition coefficient (Wildman–Crippen LogP) is 2.62. The van der Waals surface area contributed by atoms with E-state index in [0.29, 0.717) is 30.0 Å². The highest BCUT2D eigenvalue weighted by atomic mass is 16.5. The fraction of sp³-hybridized carbons (Fsp3) is 0.333. The molecular weight excluding hydrogens is 362 g/mol. The van der Waals surface area contributed by atoms with Gasteiger partial charge in [0.05, 0.1) is 25.7 Å². The Labute approximate surface area is 164 Å². The highest BCUT2D eigenvalue weighted by Crippen LogP contribution is 2.41. The number of methoxy groups -OCH3 is 2. The van der Waals surface area contributed by atoms with Gasteiger partial charge in [0.2, 0.25) is 5.91 Å². The number of aromatic hydroxyl groups is 2. The number of amides is 1. The van der Waals surface area contributed by atoms with Gasteiger partial charge >= 0.3 is 0 Å². The molecule has 0 aliphatic carbocycles. The minimum atomic E-state index is -0.399. The van der Waals surface area contributed by atoms with Crippen LogP contribution in [0, 0.1) is 0 Å². The molecule has 150 valence electrons. The maximum atomic E-state index is 12.7. The molecule has 2 aromatic rings. The quantitative estimate of drug-likeness (QED) is 0.676. The van der Waals surface area contributed by atoms with E-state index >= 15 is 0 Å². The van der Waals surface area contributed by atoms with E-state index in [-0.39, 0.29) is 35.0 Å². The Bertz CT molecular complexity index is 877. The van der Waals surface area contributed by atoms with Crippen molar-refractivity contribution in [3.63, 3.8) is 0 Å². The SMILES string of the molecule is COCCN(C)C(=O)Cc1c(C(C)=O)c(O)cc(O)c1-c1cccc(OC)c1. The number of ether oxygens (including phenoxy) is 2. The second-order valence-corrected chi connectivity index (χ2v) is 6.42. The summed E-state index contributed by atoms with van der Waals surface area (Å²) >= 11 is 0. The summed E-state index contributed by atoms with van der Waals surface area (Å²) in [6.07, 6.45) is -0.163. The monoisotopic (exact) mass is 387 g/mol. The van der Waals surface area contributed by atoms with Crippen molar-refractivity contribution in [1.82, 2.24) is 4.90 Å². The minimum Gasteiger partial charge on any atom is -0.507 e. The van der Waals surface area contributed by atoms with Crippen molar-refractivity contribution in [2.45, 2.75) is 13.3 Å². The summed E-state index contributed by atoms with van der Waals surface area (Å²) in [5, 5.41) is 20.8. The van der Waals surface area contributed by atoms with E-state index < -0.39 is 5.78 Å². The highest BCUT2D eigenvalue weighted by molar-refractivity contribution is 6.02. The summed E-state index contributed by atoms with van der Waals surface area (Å²) in [6, 6.07) is 8.04. The third-order valence-corrected chi connectivity index (χ3v) is 4.48. The standard InChI is InChI=1S/C21H25NO6/c1-13(23)20-16(11-19(26)22(2)8-9-27-3)21(18(25)12-17(20)24)14-6-5-7-15(10-14)28-4/h5-7,10,12,24-25H,8-9,11H2,1-4H3. The maximum absolute atomic E-state index is 12.7. The van der Waals surface area contributed by atoms with Crippen LogP contribution in [0.3, 0.4) is 0 Å². The van der Waals surface area contributed by atoms with E-state index in [2.05, 4.69) is 0 Å². The lowest BCUT2D eigenvalue weighted by Crippen LogP contribution is -2.31. The number of hydrogen-bond acceptors (Lipinski definition) is 6. The Balaban J connectivity index is 2.62. The number of hydrogen-bond donors (Lipinski definition) is 2. The van der Waals surface area contributed by atoms with Crippen LogP contribution in [-0.4, -0.2) is 61.2 Å². The molecule has 7 nitrogen and oxygen atoms in total. The molecule has 0 aliphatic rings. The molecule has 0 heterocycles. The van der Waals surface area contributed by atoms with Crippen LogP contribution in [0.1, 0.15) is 22.8 Å². The second kappa shape index (κ2) is 9.23. The molecule has 2 aromatic carbocycles. The van der Waals surface area contributed by atoms with Gasteiger partial charge in [-0.3, -0.25) is 9.59 Å². The third kappa shape index (κ3) is 4.61. The summed E-state index contributed by atoms with van der Waals surface area (Å²) in [7, 11) is 4.69. The predicted molar refractivity (Wildman–Crippen MR) is 105 cm³/mol. The summed E-state index contributed by atoms with van der Waals surface area (Å²) in [6.45, 7) is 2.06. The second-order valence-electron chi connectivity index (χ2n) is 6.42. The summed E-state index contributed by atoms with van der Waals surface area (Å²) in [5.74, 6) is -0.696. The number of carbonyl (C=O) groups excluding carboxylic acids is 2. The highest BCUT2D eigenvalue weighted by Gasteiger charge is 2.25. The number of Topliss-reactive ketones (excluding diaryl/α,β-unsaturated/α-hetero) is 1. The first-order valence-corrected chi connectivity index (χ1v) is 8.76. The van der Waals surface area contributed by atoms with Crippen molar-refractivity contribution in [2.75, 3.05) is 34.4 Å². The van der Waals surface area contributed by atoms with E-state index in [1.807, 2.05) is 0 Å². The molecule has 28 heavy (non-hydrogen) atoms. The van der Waals surface area contributed by atoms with Gasteiger partial charge in [-0.25, -0.2) is 0 Å². The zero-order valence-electron chi connectivity index (χ0n) is 16.5. The first-order chi connectivity index (χ1) is 13.3. The molecule has 0 radical (unpaired) electrons. The lowest BCUT2D eigenvalue weighted by molar-refractivity contribution is -0.129. The van der Waals surface area contributed by atoms with E-state index in [9.17, 15) is 19.8 Å². The molecule has 2 rings (SSSR count). The molecule has 0 unspecified atom stereocenters. The van der Waals surface area contributed by atoms with E-state index in [1.165, 1.54) is 18.9 Å². The lowest BCUT2D eigenvalue weighted by atomic mass is 9.89. The lowest BCUT2D eigenvalue weighted by Gasteiger charge is -2.21. The Hall–Kier alpha value is -3.06. The third-order valence-electron chi connectivity index (χ3n) is 4.48. The summed E-state index contributed by atoms with van der Waals surface area (Å²) in [5.41, 5.74) is 1.17. The summed E-state index contributed by atoms with van der Waals surface area (Å²) in [4.78, 5) is 26.4. The van der Waals surface area contributed by atoms with Gasteiger partial charge in [0, 0.05) is 32.3 Å². The van der Waals surface area contributed by atoms with E-state index in [0.717, 1.165) is 6.07 Å². The molecule has 7 heteroatoms. The Morgan fingerprint density at radius 2 is 1.82 bits per heavy atom. The van der Waals surface area contributed by atoms with Gasteiger partial charge in [-0.2, -0.15) is 0 Å². The molecular formula is C21H25NO6. The van der Waals surface area contributed by atoms with Crippen LogP contribution >= 0.6 is 0 Å². The van der Waals surface area contributed by atoms with Crippen molar-refractivity contribution in [1.29, 1.82) is 0 Å². The maximum Gasteiger partial charge on any atom is 0.226 e. The largest absolute Gasteiger partial charge is 0.507 e. The number of nitrogens with zero attached hydrogens (tertiary/aromatic N) is 1. The Morgan fingerprint density at radius 1 is 1.11 bits per heavy atom. The number of phenolic OH excluding ortho intramolecular Hbond substituents is 2. The van der Waals surface area contributed by atoms with Crippen molar-refractivity contribution < 1.29 is 29.3 Å². The average Bonchev–Trinajstić information content (AvgIpc) is 2.65. The smallest absolute Gasteiger partial charge is 0.226 e. The number of likely N-dealkylation sites (N-methyl/N-ethyl adjacent to an activating group) is 1. The molecule has 0 atom stereocenters. The van der Waals surface area contributed by atoms with Gasteiger partial charge in [0.15, 0.2) is 5.78 Å². The van der Waals surface area contributed by atoms with Crippen LogP contribution in [0.5, 0.6) is 17.2 Å². The van der Waals surface area contributed by atoms with Crippen LogP contribution in [-0.2, 0) is 16.0 Å². The van der Waals surface area contributed by atoms with Gasteiger partial charge in [-0.1, -0.05) is 12.1 Å². The molecule has 1 amide bonds. The molecule has 0 saturated carbocycles. The van der Waals surface area contributed by atoms with Crippen molar-refractivity contribution in [2.24, 2.45) is 0 Å². The topological polar surface area (TPSA) is 96.3 Å². The zero-order valence-corrected chi connectivity index (χ0v) is 16.5. The van der Waals surface area contributed by atoms with Crippen molar-refractivity contribution in [3.8, 4) is 28.4 Å². The molecule has 0 aliphatic heterocycles. The van der Waals surface area contributed by atoms with E-state index in [1.54, 1.807) is 38.4 Å². The number of benzene rings is 2. The zero-order chi connectivity index (χ0) is 20.8. The number of ketones is 1. The van der Waals surface area contributed by atoms with E-state index in [4.69, 9.17) is 9.47 Å². The first-order valence-electron chi connectivity index (χ1n) is 8.76. The van der Waals surface area contributed by atoms with Gasteiger partial charge in [0.1, 0.15) is 17.2 Å². The molecule has 0 fully saturated rings. The fourth-order valence-corrected chi connectivity index (χ4v) is 3.02. The van der Waals surface area contributed by atoms with Crippen LogP contribution in [0.25, 0.3) is 11.1 Å². The van der Waals surface area contributed by atoms with Crippen LogP contribution in [0.15, 0.2) is 30.3 Å². The number of rotatable bonds is 8. The molecule has 0 aromatic heterocycles. The normalized spacial score (nSPS) is 10.6. The number of carbonyl (C=O) groups is 2. The molecule has 0 bridgehead atoms. The Morgan fingerprint density at radius 3 is 2.43 bits per heavy atom. The minimum absolute atomic E-state index is 0.0177. The van der Waals surface area contributed by atoms with Gasteiger partial charge < -0.3 is 24.6 Å². The van der Waals surface area contributed by atoms with Crippen molar-refractivity contribution >= 4 is 11.7 Å². The average molecular weight is 387 g/mol. The first kappa shape index (κ1) is 21.2. The van der Waals surface area contributed by atoms with Gasteiger partial charge in [-0.15, -0.1) is 0 Å². The van der Waals surface area contributed by atoms with Crippen molar-refractivity contribution in [3.05, 3.63) is 41.5 Å². The van der Waals surface area contributed by atoms with Gasteiger partial charge in [-0.05, 0) is 30.2 Å². The summed E-state index contributed by atoms with van der Waals surface area (Å²) < 4.78 is 10.2. The fourth-order valence-electron chi connectivity index (χ4n) is 3.02. The van der Waals surface area contributed by atoms with Gasteiger partial charge in [0.25, 0.3) is 0 Å². The van der Waals surface area contributed by atoms with Crippen LogP contribution in [0.4, 0.5) is 0 Å². The molecule has 2 N–H and O–H groups in total. The Kier molecular flexibility index (Phi) is 7.00. The molecule has 0 spiro atoms. The van der Waals surface area contributed by atoms with Crippen LogP contribution < -0.4 is 4.74 Å². The van der Waals surface area contributed by atoms with Crippen LogP contribution in [0.2, 0.25) is 0 Å². The number of phenols is 2. The molecule has 0 saturated heterocycles.